The number of aliphatic hydroxyl groups excluding tert-OH is 1. The van der Waals surface area contributed by atoms with Crippen molar-refractivity contribution in [3.05, 3.63) is 12.2 Å². The molecule has 54 valence electrons. The molecule has 0 spiro atoms. The van der Waals surface area contributed by atoms with Crippen LogP contribution in [0.5, 0.6) is 0 Å². The van der Waals surface area contributed by atoms with Crippen LogP contribution in [0, 0.1) is 0 Å². The van der Waals surface area contributed by atoms with Gasteiger partial charge in [-0.2, -0.15) is 0 Å². The molecule has 0 saturated carbocycles. The summed E-state index contributed by atoms with van der Waals surface area (Å²) in [5.74, 6) is 0. The molecule has 0 radical (unpaired) electrons. The van der Waals surface area contributed by atoms with Gasteiger partial charge in [0, 0.05) is 13.2 Å². The van der Waals surface area contributed by atoms with Gasteiger partial charge in [-0.15, -0.1) is 0 Å². The third-order valence-electron chi connectivity index (χ3n) is 1.01. The fraction of sp³-hybridized carbons (Fsp3) is 0.714. The lowest BCUT2D eigenvalue weighted by Gasteiger charge is -2.10. The lowest BCUT2D eigenvalue weighted by molar-refractivity contribution is 0.294. The smallest absolute Gasteiger partial charge is 0.0468 e. The number of aliphatic hydroxyl groups is 1. The van der Waals surface area contributed by atoms with Crippen molar-refractivity contribution in [2.45, 2.75) is 6.42 Å². The molecule has 1 N–H and O–H groups in total. The van der Waals surface area contributed by atoms with Gasteiger partial charge < -0.3 is 10.0 Å². The molecule has 0 atom stereocenters. The lowest BCUT2D eigenvalue weighted by atomic mass is 10.2. The molecule has 2 heteroatoms. The molecule has 0 aliphatic heterocycles. The van der Waals surface area contributed by atoms with Gasteiger partial charge in [0.15, 0.2) is 0 Å². The van der Waals surface area contributed by atoms with E-state index in [0.717, 1.165) is 18.5 Å². The van der Waals surface area contributed by atoms with Crippen molar-refractivity contribution in [1.29, 1.82) is 0 Å². The third kappa shape index (κ3) is 5.53. The lowest BCUT2D eigenvalue weighted by Crippen LogP contribution is -2.15. The van der Waals surface area contributed by atoms with Gasteiger partial charge in [-0.05, 0) is 20.5 Å². The topological polar surface area (TPSA) is 23.5 Å². The van der Waals surface area contributed by atoms with Crippen LogP contribution in [0.15, 0.2) is 12.2 Å². The van der Waals surface area contributed by atoms with E-state index < -0.39 is 0 Å². The number of hydrogen-bond donors (Lipinski definition) is 1. The summed E-state index contributed by atoms with van der Waals surface area (Å²) in [7, 11) is 3.98. The minimum Gasteiger partial charge on any atom is -0.396 e. The first-order chi connectivity index (χ1) is 4.16. The summed E-state index contributed by atoms with van der Waals surface area (Å²) in [5.41, 5.74) is 1.09. The minimum atomic E-state index is 0.215. The van der Waals surface area contributed by atoms with Crippen LogP contribution in [-0.4, -0.2) is 37.3 Å². The summed E-state index contributed by atoms with van der Waals surface area (Å²) in [4.78, 5) is 2.04. The second kappa shape index (κ2) is 4.53. The van der Waals surface area contributed by atoms with E-state index in [1.807, 2.05) is 19.0 Å². The minimum absolute atomic E-state index is 0.215. The normalized spacial score (nSPS) is 10.2. The van der Waals surface area contributed by atoms with Crippen molar-refractivity contribution in [2.24, 2.45) is 0 Å². The van der Waals surface area contributed by atoms with E-state index in [4.69, 9.17) is 5.11 Å². The maximum atomic E-state index is 8.47. The molecule has 0 heterocycles. The maximum absolute atomic E-state index is 8.47. The molecule has 0 bridgehead atoms. The summed E-state index contributed by atoms with van der Waals surface area (Å²) >= 11 is 0. The Balaban J connectivity index is 3.27. The van der Waals surface area contributed by atoms with Crippen molar-refractivity contribution < 1.29 is 5.11 Å². The standard InChI is InChI=1S/C7H15NO/c1-7(4-5-9)6-8(2)3/h9H,1,4-6H2,2-3H3. The van der Waals surface area contributed by atoms with Crippen LogP contribution in [0.3, 0.4) is 0 Å². The Morgan fingerprint density at radius 1 is 1.56 bits per heavy atom. The molecule has 0 saturated heterocycles. The van der Waals surface area contributed by atoms with Gasteiger partial charge in [0.25, 0.3) is 0 Å². The molecule has 0 rings (SSSR count). The van der Waals surface area contributed by atoms with Crippen molar-refractivity contribution in [3.63, 3.8) is 0 Å². The summed E-state index contributed by atoms with van der Waals surface area (Å²) < 4.78 is 0. The molecule has 0 aliphatic carbocycles. The summed E-state index contributed by atoms with van der Waals surface area (Å²) in [6.45, 7) is 4.87. The van der Waals surface area contributed by atoms with E-state index in [9.17, 15) is 0 Å². The third-order valence-corrected chi connectivity index (χ3v) is 1.01. The Bertz CT molecular complexity index is 88.9. The van der Waals surface area contributed by atoms with E-state index in [1.54, 1.807) is 0 Å². The SMILES string of the molecule is C=C(CCO)CN(C)C. The first kappa shape index (κ1) is 8.66. The Hall–Kier alpha value is -0.340. The van der Waals surface area contributed by atoms with Crippen molar-refractivity contribution in [3.8, 4) is 0 Å². The van der Waals surface area contributed by atoms with Gasteiger partial charge in [0.2, 0.25) is 0 Å². The molecule has 9 heavy (non-hydrogen) atoms. The Morgan fingerprint density at radius 2 is 2.11 bits per heavy atom. The zero-order valence-corrected chi connectivity index (χ0v) is 6.22. The van der Waals surface area contributed by atoms with Crippen LogP contribution in [0.1, 0.15) is 6.42 Å². The van der Waals surface area contributed by atoms with E-state index in [1.165, 1.54) is 0 Å². The molecular weight excluding hydrogens is 114 g/mol. The highest BCUT2D eigenvalue weighted by molar-refractivity contribution is 4.95. The van der Waals surface area contributed by atoms with Gasteiger partial charge in [0.1, 0.15) is 0 Å². The van der Waals surface area contributed by atoms with Gasteiger partial charge >= 0.3 is 0 Å². The van der Waals surface area contributed by atoms with Crippen LogP contribution in [0.25, 0.3) is 0 Å². The summed E-state index contributed by atoms with van der Waals surface area (Å²) in [6, 6.07) is 0. The quantitative estimate of drug-likeness (QED) is 0.558. The highest BCUT2D eigenvalue weighted by Crippen LogP contribution is 1.96. The number of likely N-dealkylation sites (N-methyl/N-ethyl adjacent to an activating group) is 1. The highest BCUT2D eigenvalue weighted by atomic mass is 16.2. The van der Waals surface area contributed by atoms with Crippen molar-refractivity contribution in [1.82, 2.24) is 4.90 Å². The van der Waals surface area contributed by atoms with Crippen LogP contribution < -0.4 is 0 Å². The number of nitrogens with zero attached hydrogens (tertiary/aromatic N) is 1. The van der Waals surface area contributed by atoms with Gasteiger partial charge in [0.05, 0.1) is 0 Å². The molecule has 0 fully saturated rings. The fourth-order valence-corrected chi connectivity index (χ4v) is 0.684. The predicted octanol–water partition coefficient (Wildman–Crippen LogP) is 0.487. The monoisotopic (exact) mass is 129 g/mol. The highest BCUT2D eigenvalue weighted by Gasteiger charge is 1.93. The number of hydrogen-bond acceptors (Lipinski definition) is 2. The Labute approximate surface area is 56.8 Å². The van der Waals surface area contributed by atoms with Gasteiger partial charge in [-0.1, -0.05) is 12.2 Å². The molecular formula is C7H15NO. The van der Waals surface area contributed by atoms with Crippen LogP contribution in [0.2, 0.25) is 0 Å². The predicted molar refractivity (Wildman–Crippen MR) is 39.4 cm³/mol. The van der Waals surface area contributed by atoms with E-state index in [2.05, 4.69) is 6.58 Å². The van der Waals surface area contributed by atoms with Crippen molar-refractivity contribution in [2.75, 3.05) is 27.2 Å². The van der Waals surface area contributed by atoms with Crippen LogP contribution in [-0.2, 0) is 0 Å². The summed E-state index contributed by atoms with van der Waals surface area (Å²) in [6.07, 6.45) is 0.720. The second-order valence-electron chi connectivity index (χ2n) is 2.46. The maximum Gasteiger partial charge on any atom is 0.0468 e. The first-order valence-electron chi connectivity index (χ1n) is 3.09. The van der Waals surface area contributed by atoms with E-state index >= 15 is 0 Å². The summed E-state index contributed by atoms with van der Waals surface area (Å²) in [5, 5.41) is 8.47. The molecule has 0 unspecified atom stereocenters. The first-order valence-corrected chi connectivity index (χ1v) is 3.09. The van der Waals surface area contributed by atoms with Gasteiger partial charge in [-0.25, -0.2) is 0 Å². The van der Waals surface area contributed by atoms with Crippen molar-refractivity contribution >= 4 is 0 Å². The van der Waals surface area contributed by atoms with E-state index in [0.29, 0.717) is 0 Å². The molecule has 0 aromatic carbocycles. The second-order valence-corrected chi connectivity index (χ2v) is 2.46. The molecule has 0 aliphatic rings. The average Bonchev–Trinajstić information content (AvgIpc) is 1.63. The van der Waals surface area contributed by atoms with Crippen LogP contribution in [0.4, 0.5) is 0 Å². The zero-order valence-electron chi connectivity index (χ0n) is 6.22. The Morgan fingerprint density at radius 3 is 2.44 bits per heavy atom. The Kier molecular flexibility index (Phi) is 4.36. The zero-order chi connectivity index (χ0) is 7.28. The molecule has 0 aromatic rings. The van der Waals surface area contributed by atoms with Gasteiger partial charge in [-0.3, -0.25) is 0 Å². The van der Waals surface area contributed by atoms with E-state index in [-0.39, 0.29) is 6.61 Å². The molecule has 0 aromatic heterocycles. The number of rotatable bonds is 4. The molecule has 0 amide bonds. The largest absolute Gasteiger partial charge is 0.396 e. The fourth-order valence-electron chi connectivity index (χ4n) is 0.684. The average molecular weight is 129 g/mol. The molecule has 2 nitrogen and oxygen atoms in total. The van der Waals surface area contributed by atoms with Crippen LogP contribution >= 0.6 is 0 Å².